The van der Waals surface area contributed by atoms with Gasteiger partial charge in [0.25, 0.3) is 0 Å². The zero-order valence-electron chi connectivity index (χ0n) is 18.7. The molecule has 0 saturated carbocycles. The minimum atomic E-state index is -0.258. The molecule has 5 nitrogen and oxygen atoms in total. The van der Waals surface area contributed by atoms with E-state index in [9.17, 15) is 9.59 Å². The molecule has 2 saturated heterocycles. The fourth-order valence-electron chi connectivity index (χ4n) is 4.21. The summed E-state index contributed by atoms with van der Waals surface area (Å²) < 4.78 is 0. The number of carbonyl (C=O) groups excluding carboxylic acids is 2. The third-order valence-corrected chi connectivity index (χ3v) is 7.11. The Bertz CT molecular complexity index is 489. The first kappa shape index (κ1) is 24.5. The van der Waals surface area contributed by atoms with Crippen molar-refractivity contribution in [2.45, 2.75) is 116 Å². The Hall–Kier alpha value is -0.750. The average molecular weight is 427 g/mol. The lowest BCUT2D eigenvalue weighted by molar-refractivity contribution is -0.130. The van der Waals surface area contributed by atoms with Crippen molar-refractivity contribution in [1.29, 1.82) is 0 Å². The molecular formula is C23H42N2O3S. The Morgan fingerprint density at radius 3 is 2.21 bits per heavy atom. The molecule has 2 rings (SSSR count). The second kappa shape index (κ2) is 14.3. The van der Waals surface area contributed by atoms with Gasteiger partial charge in [-0.3, -0.25) is 9.63 Å². The molecular weight excluding hydrogens is 384 g/mol. The van der Waals surface area contributed by atoms with Crippen LogP contribution < -0.4 is 0 Å². The number of hydrogen-bond donors (Lipinski definition) is 0. The van der Waals surface area contributed by atoms with Crippen molar-refractivity contribution in [2.75, 3.05) is 18.9 Å². The van der Waals surface area contributed by atoms with Crippen molar-refractivity contribution in [1.82, 2.24) is 9.96 Å². The van der Waals surface area contributed by atoms with E-state index >= 15 is 0 Å². The van der Waals surface area contributed by atoms with Crippen molar-refractivity contribution in [3.05, 3.63) is 0 Å². The van der Waals surface area contributed by atoms with Crippen LogP contribution in [0.2, 0.25) is 0 Å². The SMILES string of the molecule is CCCCCCCCCCCCSC(=O)[C@@H]1CC[C@H]2CN1C(=O)N2OCCCC. The summed E-state index contributed by atoms with van der Waals surface area (Å²) in [6.07, 6.45) is 16.7. The van der Waals surface area contributed by atoms with E-state index < -0.39 is 0 Å². The van der Waals surface area contributed by atoms with Crippen LogP contribution in [0.3, 0.4) is 0 Å². The number of unbranched alkanes of at least 4 members (excludes halogenated alkanes) is 10. The number of amides is 2. The van der Waals surface area contributed by atoms with Crippen molar-refractivity contribution >= 4 is 22.9 Å². The maximum absolute atomic E-state index is 12.7. The minimum Gasteiger partial charge on any atom is -0.310 e. The summed E-state index contributed by atoms with van der Waals surface area (Å²) in [6, 6.07) is -0.247. The molecule has 2 aliphatic rings. The zero-order chi connectivity index (χ0) is 20.9. The average Bonchev–Trinajstić information content (AvgIpc) is 2.96. The lowest BCUT2D eigenvalue weighted by Gasteiger charge is -2.28. The highest BCUT2D eigenvalue weighted by molar-refractivity contribution is 8.13. The molecule has 0 aromatic rings. The van der Waals surface area contributed by atoms with Crippen LogP contribution in [0.1, 0.15) is 104 Å². The number of piperidine rings is 1. The van der Waals surface area contributed by atoms with Crippen molar-refractivity contribution in [3.63, 3.8) is 0 Å². The molecule has 2 aliphatic heterocycles. The summed E-state index contributed by atoms with van der Waals surface area (Å²) in [7, 11) is 0. The molecule has 2 atom stereocenters. The van der Waals surface area contributed by atoms with Gasteiger partial charge >= 0.3 is 6.03 Å². The van der Waals surface area contributed by atoms with Gasteiger partial charge in [0, 0.05) is 12.3 Å². The van der Waals surface area contributed by atoms with Crippen LogP contribution >= 0.6 is 11.8 Å². The number of hydroxylamine groups is 2. The van der Waals surface area contributed by atoms with Gasteiger partial charge in [-0.1, -0.05) is 89.8 Å². The number of hydrogen-bond acceptors (Lipinski definition) is 4. The number of urea groups is 1. The Balaban J connectivity index is 1.55. The summed E-state index contributed by atoms with van der Waals surface area (Å²) in [5.41, 5.74) is 0. The highest BCUT2D eigenvalue weighted by Gasteiger charge is 2.47. The Labute approximate surface area is 182 Å². The van der Waals surface area contributed by atoms with Crippen molar-refractivity contribution in [3.8, 4) is 0 Å². The maximum Gasteiger partial charge on any atom is 0.344 e. The van der Waals surface area contributed by atoms with Crippen LogP contribution in [0.4, 0.5) is 4.79 Å². The Morgan fingerprint density at radius 1 is 0.931 bits per heavy atom. The van der Waals surface area contributed by atoms with Gasteiger partial charge in [-0.15, -0.1) is 0 Å². The third-order valence-electron chi connectivity index (χ3n) is 6.07. The van der Waals surface area contributed by atoms with Gasteiger partial charge in [0.1, 0.15) is 6.04 Å². The van der Waals surface area contributed by atoms with Crippen LogP contribution in [0.15, 0.2) is 0 Å². The van der Waals surface area contributed by atoms with E-state index in [2.05, 4.69) is 13.8 Å². The van der Waals surface area contributed by atoms with Crippen molar-refractivity contribution < 1.29 is 14.4 Å². The fourth-order valence-corrected chi connectivity index (χ4v) is 5.20. The molecule has 0 N–H and O–H groups in total. The minimum absolute atomic E-state index is 0.110. The predicted octanol–water partition coefficient (Wildman–Crippen LogP) is 6.17. The molecule has 29 heavy (non-hydrogen) atoms. The Kier molecular flexibility index (Phi) is 12.1. The second-order valence-corrected chi connectivity index (χ2v) is 9.64. The molecule has 0 aromatic carbocycles. The van der Waals surface area contributed by atoms with E-state index in [1.165, 1.54) is 74.6 Å². The Morgan fingerprint density at radius 2 is 1.55 bits per heavy atom. The summed E-state index contributed by atoms with van der Waals surface area (Å²) in [5, 5.41) is 1.71. The standard InChI is InChI=1S/C23H42N2O3S/c1-3-5-7-8-9-10-11-12-13-14-18-29-22(26)21-16-15-20-19-24(21)23(27)25(20)28-17-6-4-2/h20-21H,3-19H2,1-2H3/t20-,21-/m0/s1. The number of carbonyl (C=O) groups is 2. The van der Waals surface area contributed by atoms with Gasteiger partial charge < -0.3 is 4.90 Å². The molecule has 0 unspecified atom stereocenters. The summed E-state index contributed by atoms with van der Waals surface area (Å²) >= 11 is 1.43. The molecule has 6 heteroatoms. The number of fused-ring (bicyclic) bond motifs is 2. The van der Waals surface area contributed by atoms with Gasteiger partial charge in [-0.05, 0) is 25.7 Å². The van der Waals surface area contributed by atoms with Crippen LogP contribution in [0, 0.1) is 0 Å². The normalized spacial score (nSPS) is 21.2. The lowest BCUT2D eigenvalue weighted by atomic mass is 10.0. The van der Waals surface area contributed by atoms with Gasteiger partial charge in [-0.2, -0.15) is 5.06 Å². The quantitative estimate of drug-likeness (QED) is 0.277. The van der Waals surface area contributed by atoms with Gasteiger partial charge in [0.15, 0.2) is 0 Å². The van der Waals surface area contributed by atoms with Crippen LogP contribution in [0.25, 0.3) is 0 Å². The molecule has 2 bridgehead atoms. The van der Waals surface area contributed by atoms with Crippen LogP contribution in [-0.2, 0) is 9.63 Å². The summed E-state index contributed by atoms with van der Waals surface area (Å²) in [5.74, 6) is 0.883. The van der Waals surface area contributed by atoms with Crippen LogP contribution in [-0.4, -0.2) is 52.1 Å². The molecule has 0 radical (unpaired) electrons. The van der Waals surface area contributed by atoms with E-state index in [0.29, 0.717) is 13.2 Å². The number of rotatable bonds is 16. The highest BCUT2D eigenvalue weighted by atomic mass is 32.2. The molecule has 0 aliphatic carbocycles. The molecule has 0 spiro atoms. The first-order valence-corrected chi connectivity index (χ1v) is 13.1. The molecule has 2 fully saturated rings. The van der Waals surface area contributed by atoms with E-state index in [0.717, 1.165) is 37.9 Å². The highest BCUT2D eigenvalue weighted by Crippen LogP contribution is 2.32. The second-order valence-electron chi connectivity index (χ2n) is 8.54. The van der Waals surface area contributed by atoms with E-state index in [-0.39, 0.29) is 23.2 Å². The molecule has 168 valence electrons. The van der Waals surface area contributed by atoms with Gasteiger partial charge in [0.2, 0.25) is 5.12 Å². The first-order chi connectivity index (χ1) is 14.2. The van der Waals surface area contributed by atoms with Crippen LogP contribution in [0.5, 0.6) is 0 Å². The summed E-state index contributed by atoms with van der Waals surface area (Å²) in [4.78, 5) is 32.7. The van der Waals surface area contributed by atoms with E-state index in [1.54, 1.807) is 4.90 Å². The van der Waals surface area contributed by atoms with Gasteiger partial charge in [-0.25, -0.2) is 4.79 Å². The largest absolute Gasteiger partial charge is 0.344 e. The predicted molar refractivity (Wildman–Crippen MR) is 121 cm³/mol. The monoisotopic (exact) mass is 426 g/mol. The van der Waals surface area contributed by atoms with E-state index in [1.807, 2.05) is 0 Å². The summed E-state index contributed by atoms with van der Waals surface area (Å²) in [6.45, 7) is 5.59. The molecule has 2 amide bonds. The topological polar surface area (TPSA) is 49.9 Å². The van der Waals surface area contributed by atoms with E-state index in [4.69, 9.17) is 4.84 Å². The smallest absolute Gasteiger partial charge is 0.310 e. The molecule has 0 aromatic heterocycles. The number of nitrogens with zero attached hydrogens (tertiary/aromatic N) is 2. The van der Waals surface area contributed by atoms with Gasteiger partial charge in [0.05, 0.1) is 12.6 Å². The fraction of sp³-hybridized carbons (Fsp3) is 0.913. The number of thioether (sulfide) groups is 1. The molecule has 2 heterocycles. The van der Waals surface area contributed by atoms with Crippen molar-refractivity contribution in [2.24, 2.45) is 0 Å². The zero-order valence-corrected chi connectivity index (χ0v) is 19.5. The lowest BCUT2D eigenvalue weighted by Crippen LogP contribution is -2.44. The first-order valence-electron chi connectivity index (χ1n) is 12.1. The maximum atomic E-state index is 12.7. The third kappa shape index (κ3) is 8.12.